The molecule has 78 valence electrons. The number of hydrogen-bond donors (Lipinski definition) is 2. The van der Waals surface area contributed by atoms with Crippen LogP contribution in [0.4, 0.5) is 0 Å². The Balaban J connectivity index is 2.37. The number of nitrogens with zero attached hydrogens (tertiary/aromatic N) is 1. The molecule has 1 aromatic rings. The van der Waals surface area contributed by atoms with E-state index in [4.69, 9.17) is 5.73 Å². The van der Waals surface area contributed by atoms with Gasteiger partial charge in [-0.2, -0.15) is 0 Å². The fourth-order valence-corrected chi connectivity index (χ4v) is 1.67. The van der Waals surface area contributed by atoms with Gasteiger partial charge in [0.15, 0.2) is 0 Å². The Hall–Kier alpha value is -0.940. The number of carbonyl (C=O) groups is 1. The summed E-state index contributed by atoms with van der Waals surface area (Å²) in [5.74, 6) is -0.111. The van der Waals surface area contributed by atoms with Crippen LogP contribution in [0.1, 0.15) is 24.0 Å². The molecule has 0 aliphatic carbocycles. The molecule has 1 amide bonds. The van der Waals surface area contributed by atoms with E-state index in [0.717, 1.165) is 10.7 Å². The zero-order valence-electron chi connectivity index (χ0n) is 8.41. The lowest BCUT2D eigenvalue weighted by Gasteiger charge is -2.08. The van der Waals surface area contributed by atoms with Crippen LogP contribution < -0.4 is 11.1 Å². The smallest absolute Gasteiger partial charge is 0.237 e. The van der Waals surface area contributed by atoms with Gasteiger partial charge in [-0.15, -0.1) is 11.3 Å². The van der Waals surface area contributed by atoms with Crippen molar-refractivity contribution < 1.29 is 4.79 Å². The highest BCUT2D eigenvalue weighted by Crippen LogP contribution is 2.07. The first-order chi connectivity index (χ1) is 6.63. The lowest BCUT2D eigenvalue weighted by molar-refractivity contribution is -0.122. The van der Waals surface area contributed by atoms with E-state index in [9.17, 15) is 4.79 Å². The molecule has 0 spiro atoms. The van der Waals surface area contributed by atoms with Crippen molar-refractivity contribution >= 4 is 17.2 Å². The van der Waals surface area contributed by atoms with Gasteiger partial charge in [0.2, 0.25) is 5.91 Å². The predicted octanol–water partition coefficient (Wildman–Crippen LogP) is 0.805. The summed E-state index contributed by atoms with van der Waals surface area (Å²) in [5.41, 5.74) is 6.54. The molecule has 0 saturated heterocycles. The Morgan fingerprint density at radius 1 is 1.79 bits per heavy atom. The van der Waals surface area contributed by atoms with Gasteiger partial charge >= 0.3 is 0 Å². The molecule has 3 N–H and O–H groups in total. The van der Waals surface area contributed by atoms with Crippen molar-refractivity contribution in [2.75, 3.05) is 0 Å². The molecule has 1 aromatic heterocycles. The lowest BCUT2D eigenvalue weighted by atomic mass is 10.2. The number of nitrogens with two attached hydrogens (primary N) is 1. The minimum Gasteiger partial charge on any atom is -0.348 e. The summed E-state index contributed by atoms with van der Waals surface area (Å²) in [6, 6.07) is -0.406. The van der Waals surface area contributed by atoms with E-state index in [1.807, 2.05) is 19.2 Å². The minimum absolute atomic E-state index is 0.111. The first kappa shape index (κ1) is 11.1. The van der Waals surface area contributed by atoms with Crippen LogP contribution in [0.3, 0.4) is 0 Å². The minimum atomic E-state index is -0.406. The number of aryl methyl sites for hydroxylation is 1. The molecule has 1 heterocycles. The number of rotatable bonds is 4. The second kappa shape index (κ2) is 5.07. The van der Waals surface area contributed by atoms with Crippen LogP contribution in [0.5, 0.6) is 0 Å². The fourth-order valence-electron chi connectivity index (χ4n) is 0.963. The molecule has 0 bridgehead atoms. The lowest BCUT2D eigenvalue weighted by Crippen LogP contribution is -2.39. The molecular weight excluding hydrogens is 198 g/mol. The normalized spacial score (nSPS) is 12.5. The molecule has 1 atom stereocenters. The topological polar surface area (TPSA) is 68.0 Å². The number of hydrogen-bond acceptors (Lipinski definition) is 4. The van der Waals surface area contributed by atoms with Gasteiger partial charge in [-0.3, -0.25) is 4.79 Å². The molecule has 0 aliphatic rings. The molecule has 14 heavy (non-hydrogen) atoms. The fraction of sp³-hybridized carbons (Fsp3) is 0.556. The summed E-state index contributed by atoms with van der Waals surface area (Å²) >= 11 is 1.54. The van der Waals surface area contributed by atoms with Gasteiger partial charge in [0, 0.05) is 11.1 Å². The largest absolute Gasteiger partial charge is 0.348 e. The number of thiazole rings is 1. The summed E-state index contributed by atoms with van der Waals surface area (Å²) < 4.78 is 0. The van der Waals surface area contributed by atoms with E-state index in [-0.39, 0.29) is 5.91 Å². The van der Waals surface area contributed by atoms with E-state index in [2.05, 4.69) is 10.3 Å². The van der Waals surface area contributed by atoms with Gasteiger partial charge < -0.3 is 11.1 Å². The average molecular weight is 213 g/mol. The van der Waals surface area contributed by atoms with Gasteiger partial charge in [0.1, 0.15) is 5.01 Å². The molecule has 1 rings (SSSR count). The summed E-state index contributed by atoms with van der Waals surface area (Å²) in [6.07, 6.45) is 0.655. The highest BCUT2D eigenvalue weighted by molar-refractivity contribution is 7.09. The van der Waals surface area contributed by atoms with Crippen molar-refractivity contribution in [3.63, 3.8) is 0 Å². The predicted molar refractivity (Wildman–Crippen MR) is 57.0 cm³/mol. The van der Waals surface area contributed by atoms with E-state index in [0.29, 0.717) is 13.0 Å². The molecule has 0 radical (unpaired) electrons. The molecule has 0 saturated carbocycles. The SMILES string of the molecule is CCC(N)C(=O)NCc1nc(C)cs1. The average Bonchev–Trinajstić information content (AvgIpc) is 2.59. The maximum atomic E-state index is 11.3. The van der Waals surface area contributed by atoms with Crippen LogP contribution >= 0.6 is 11.3 Å². The second-order valence-electron chi connectivity index (χ2n) is 3.12. The zero-order chi connectivity index (χ0) is 10.6. The molecule has 5 heteroatoms. The van der Waals surface area contributed by atoms with Crippen LogP contribution in [0.25, 0.3) is 0 Å². The van der Waals surface area contributed by atoms with Gasteiger partial charge in [-0.05, 0) is 13.3 Å². The Bertz CT molecular complexity index is 311. The number of nitrogens with one attached hydrogen (secondary N) is 1. The Kier molecular flexibility index (Phi) is 4.03. The monoisotopic (exact) mass is 213 g/mol. The van der Waals surface area contributed by atoms with Gasteiger partial charge in [0.25, 0.3) is 0 Å². The molecular formula is C9H15N3OS. The summed E-state index contributed by atoms with van der Waals surface area (Å²) in [5, 5.41) is 5.62. The summed E-state index contributed by atoms with van der Waals surface area (Å²) in [7, 11) is 0. The number of aromatic nitrogens is 1. The standard InChI is InChI=1S/C9H15N3OS/c1-3-7(10)9(13)11-4-8-12-6(2)5-14-8/h5,7H,3-4,10H2,1-2H3,(H,11,13). The highest BCUT2D eigenvalue weighted by atomic mass is 32.1. The van der Waals surface area contributed by atoms with Crippen LogP contribution in [0.2, 0.25) is 0 Å². The quantitative estimate of drug-likeness (QED) is 0.777. The van der Waals surface area contributed by atoms with Crippen LogP contribution in [0, 0.1) is 6.92 Å². The zero-order valence-corrected chi connectivity index (χ0v) is 9.23. The Morgan fingerprint density at radius 2 is 2.50 bits per heavy atom. The van der Waals surface area contributed by atoms with Gasteiger partial charge in [-0.1, -0.05) is 6.92 Å². The van der Waals surface area contributed by atoms with Crippen molar-refractivity contribution in [3.05, 3.63) is 16.1 Å². The summed E-state index contributed by atoms with van der Waals surface area (Å²) in [4.78, 5) is 15.5. The highest BCUT2D eigenvalue weighted by Gasteiger charge is 2.10. The third-order valence-electron chi connectivity index (χ3n) is 1.86. The van der Waals surface area contributed by atoms with E-state index in [1.165, 1.54) is 0 Å². The van der Waals surface area contributed by atoms with Crippen molar-refractivity contribution in [1.29, 1.82) is 0 Å². The maximum absolute atomic E-state index is 11.3. The Labute approximate surface area is 87.5 Å². The van der Waals surface area contributed by atoms with Crippen molar-refractivity contribution in [3.8, 4) is 0 Å². The van der Waals surface area contributed by atoms with Crippen molar-refractivity contribution in [1.82, 2.24) is 10.3 Å². The van der Waals surface area contributed by atoms with Crippen LogP contribution in [-0.4, -0.2) is 16.9 Å². The summed E-state index contributed by atoms with van der Waals surface area (Å²) in [6.45, 7) is 4.29. The van der Waals surface area contributed by atoms with E-state index in [1.54, 1.807) is 11.3 Å². The number of carbonyl (C=O) groups excluding carboxylic acids is 1. The van der Waals surface area contributed by atoms with Crippen molar-refractivity contribution in [2.24, 2.45) is 5.73 Å². The van der Waals surface area contributed by atoms with E-state index < -0.39 is 6.04 Å². The van der Waals surface area contributed by atoms with Crippen LogP contribution in [-0.2, 0) is 11.3 Å². The maximum Gasteiger partial charge on any atom is 0.237 e. The first-order valence-corrected chi connectivity index (χ1v) is 5.45. The third kappa shape index (κ3) is 3.08. The first-order valence-electron chi connectivity index (χ1n) is 4.57. The molecule has 0 aromatic carbocycles. The van der Waals surface area contributed by atoms with Crippen LogP contribution in [0.15, 0.2) is 5.38 Å². The molecule has 4 nitrogen and oxygen atoms in total. The molecule has 0 aliphatic heterocycles. The molecule has 0 fully saturated rings. The van der Waals surface area contributed by atoms with E-state index >= 15 is 0 Å². The number of amides is 1. The molecule has 1 unspecified atom stereocenters. The van der Waals surface area contributed by atoms with Crippen molar-refractivity contribution in [2.45, 2.75) is 32.9 Å². The van der Waals surface area contributed by atoms with Gasteiger partial charge in [-0.25, -0.2) is 4.98 Å². The third-order valence-corrected chi connectivity index (χ3v) is 2.82. The van der Waals surface area contributed by atoms with Gasteiger partial charge in [0.05, 0.1) is 12.6 Å². The second-order valence-corrected chi connectivity index (χ2v) is 4.06. The Morgan fingerprint density at radius 3 is 3.00 bits per heavy atom.